The molecule has 0 spiro atoms. The van der Waals surface area contributed by atoms with Crippen LogP contribution in [0.25, 0.3) is 0 Å². The number of aryl methyl sites for hydroxylation is 2. The smallest absolute Gasteiger partial charge is 0.390 e. The highest BCUT2D eigenvalue weighted by Gasteiger charge is 2.15. The number of carbonyl (C=O) groups excluding carboxylic acids is 1. The Morgan fingerprint density at radius 3 is 2.76 bits per heavy atom. The van der Waals surface area contributed by atoms with Crippen LogP contribution in [0.3, 0.4) is 0 Å². The van der Waals surface area contributed by atoms with Crippen molar-refractivity contribution in [2.24, 2.45) is 7.05 Å². The Balaban J connectivity index is 1.61. The summed E-state index contributed by atoms with van der Waals surface area (Å²) in [5.41, 5.74) is 2.00. The molecule has 0 bridgehead atoms. The van der Waals surface area contributed by atoms with Crippen molar-refractivity contribution in [2.45, 2.75) is 20.1 Å². The van der Waals surface area contributed by atoms with Gasteiger partial charge in [-0.1, -0.05) is 4.98 Å². The van der Waals surface area contributed by atoms with Crippen LogP contribution in [-0.2, 0) is 20.3 Å². The highest BCUT2D eigenvalue weighted by molar-refractivity contribution is 5.92. The van der Waals surface area contributed by atoms with Crippen LogP contribution in [0.15, 0.2) is 24.8 Å². The van der Waals surface area contributed by atoms with E-state index in [1.807, 2.05) is 20.2 Å². The zero-order chi connectivity index (χ0) is 18.0. The number of hydrogen-bond donors (Lipinski definition) is 1. The summed E-state index contributed by atoms with van der Waals surface area (Å²) in [5, 5.41) is 25.4. The summed E-state index contributed by atoms with van der Waals surface area (Å²) >= 11 is 0. The molecule has 0 aromatic carbocycles. The first kappa shape index (κ1) is 16.3. The summed E-state index contributed by atoms with van der Waals surface area (Å²) in [6.45, 7) is 2.32. The van der Waals surface area contributed by atoms with Gasteiger partial charge in [-0.25, -0.2) is 4.68 Å². The maximum Gasteiger partial charge on any atom is 0.491 e. The number of nitro groups is 1. The van der Waals surface area contributed by atoms with Crippen LogP contribution in [0, 0.1) is 17.0 Å². The Labute approximate surface area is 141 Å². The third-order valence-electron chi connectivity index (χ3n) is 3.41. The van der Waals surface area contributed by atoms with E-state index < -0.39 is 10.9 Å². The van der Waals surface area contributed by atoms with E-state index in [0.29, 0.717) is 6.54 Å². The maximum atomic E-state index is 12.2. The van der Waals surface area contributed by atoms with Gasteiger partial charge in [-0.3, -0.25) is 9.48 Å². The van der Waals surface area contributed by atoms with Gasteiger partial charge in [0.15, 0.2) is 6.67 Å². The molecule has 3 aromatic rings. The van der Waals surface area contributed by atoms with E-state index in [2.05, 4.69) is 25.6 Å². The van der Waals surface area contributed by atoms with Crippen molar-refractivity contribution in [1.29, 1.82) is 0 Å². The quantitative estimate of drug-likeness (QED) is 0.484. The summed E-state index contributed by atoms with van der Waals surface area (Å²) in [4.78, 5) is 25.6. The molecule has 1 amide bonds. The second kappa shape index (κ2) is 6.51. The molecule has 0 atom stereocenters. The molecule has 12 nitrogen and oxygen atoms in total. The van der Waals surface area contributed by atoms with E-state index in [1.54, 1.807) is 16.9 Å². The molecule has 0 saturated carbocycles. The summed E-state index contributed by atoms with van der Waals surface area (Å²) in [6, 6.07) is 1.55. The molecule has 0 radical (unpaired) electrons. The molecule has 130 valence electrons. The molecular formula is C13H15N9O3. The van der Waals surface area contributed by atoms with Crippen LogP contribution in [-0.4, -0.2) is 45.2 Å². The Morgan fingerprint density at radius 2 is 2.12 bits per heavy atom. The van der Waals surface area contributed by atoms with Crippen molar-refractivity contribution in [3.8, 4) is 0 Å². The number of nitrogens with zero attached hydrogens (tertiary/aromatic N) is 8. The average Bonchev–Trinajstić information content (AvgIpc) is 3.26. The van der Waals surface area contributed by atoms with Gasteiger partial charge in [0.1, 0.15) is 5.69 Å². The van der Waals surface area contributed by atoms with Crippen molar-refractivity contribution < 1.29 is 9.72 Å². The molecule has 0 saturated heterocycles. The lowest BCUT2D eigenvalue weighted by molar-refractivity contribution is -0.394. The second-order valence-corrected chi connectivity index (χ2v) is 5.32. The lowest BCUT2D eigenvalue weighted by atomic mass is 10.2. The number of amides is 1. The molecule has 1 N–H and O–H groups in total. The Bertz CT molecular complexity index is 923. The third kappa shape index (κ3) is 3.68. The van der Waals surface area contributed by atoms with Crippen LogP contribution < -0.4 is 5.32 Å². The molecule has 3 aromatic heterocycles. The number of aromatic nitrogens is 7. The maximum absolute atomic E-state index is 12.2. The molecular weight excluding hydrogens is 330 g/mol. The Morgan fingerprint density at radius 1 is 1.32 bits per heavy atom. The van der Waals surface area contributed by atoms with Crippen LogP contribution in [0.4, 0.5) is 5.95 Å². The van der Waals surface area contributed by atoms with Crippen molar-refractivity contribution in [2.75, 3.05) is 0 Å². The van der Waals surface area contributed by atoms with Crippen LogP contribution in [0.5, 0.6) is 0 Å². The first-order valence-corrected chi connectivity index (χ1v) is 7.27. The zero-order valence-electron chi connectivity index (χ0n) is 13.5. The van der Waals surface area contributed by atoms with Gasteiger partial charge in [0.05, 0.1) is 5.69 Å². The SMILES string of the molecule is Cc1nn(C)cc1CNC(=O)c1ccn(Cn2cnc([N+](=O)[O-])n2)n1. The highest BCUT2D eigenvalue weighted by Crippen LogP contribution is 2.05. The molecule has 0 fully saturated rings. The Hall–Kier alpha value is -3.57. The van der Waals surface area contributed by atoms with Crippen molar-refractivity contribution in [3.63, 3.8) is 0 Å². The molecule has 12 heteroatoms. The van der Waals surface area contributed by atoms with Gasteiger partial charge in [0, 0.05) is 36.6 Å². The standard InChI is InChI=1S/C13H15N9O3/c1-9-10(6-19(2)16-9)5-14-12(23)11-3-4-20(17-11)8-21-7-15-13(18-21)22(24)25/h3-4,6-7H,5,8H2,1-2H3,(H,14,23). The van der Waals surface area contributed by atoms with E-state index in [4.69, 9.17) is 0 Å². The zero-order valence-corrected chi connectivity index (χ0v) is 13.5. The van der Waals surface area contributed by atoms with Crippen LogP contribution >= 0.6 is 0 Å². The van der Waals surface area contributed by atoms with E-state index in [1.165, 1.54) is 15.7 Å². The van der Waals surface area contributed by atoms with Gasteiger partial charge in [-0.2, -0.15) is 14.9 Å². The molecule has 0 aliphatic carbocycles. The lowest BCUT2D eigenvalue weighted by Crippen LogP contribution is -2.24. The van der Waals surface area contributed by atoms with Gasteiger partial charge in [0.2, 0.25) is 6.33 Å². The molecule has 0 aliphatic rings. The summed E-state index contributed by atoms with van der Waals surface area (Å²) in [7, 11) is 1.81. The highest BCUT2D eigenvalue weighted by atomic mass is 16.6. The summed E-state index contributed by atoms with van der Waals surface area (Å²) in [6.07, 6.45) is 4.65. The lowest BCUT2D eigenvalue weighted by Gasteiger charge is -2.02. The van der Waals surface area contributed by atoms with Crippen molar-refractivity contribution in [3.05, 3.63) is 51.9 Å². The van der Waals surface area contributed by atoms with Gasteiger partial charge in [-0.15, -0.1) is 0 Å². The first-order chi connectivity index (χ1) is 11.9. The van der Waals surface area contributed by atoms with E-state index in [-0.39, 0.29) is 18.3 Å². The van der Waals surface area contributed by atoms with E-state index in [0.717, 1.165) is 11.3 Å². The fourth-order valence-electron chi connectivity index (χ4n) is 2.23. The minimum atomic E-state index is -0.682. The van der Waals surface area contributed by atoms with Crippen molar-refractivity contribution in [1.82, 2.24) is 39.6 Å². The van der Waals surface area contributed by atoms with Crippen molar-refractivity contribution >= 4 is 11.9 Å². The van der Waals surface area contributed by atoms with Crippen LogP contribution in [0.2, 0.25) is 0 Å². The van der Waals surface area contributed by atoms with Gasteiger partial charge >= 0.3 is 5.95 Å². The summed E-state index contributed by atoms with van der Waals surface area (Å²) < 4.78 is 4.37. The largest absolute Gasteiger partial charge is 0.491 e. The van der Waals surface area contributed by atoms with Gasteiger partial charge < -0.3 is 15.4 Å². The second-order valence-electron chi connectivity index (χ2n) is 5.32. The number of hydrogen-bond acceptors (Lipinski definition) is 7. The minimum Gasteiger partial charge on any atom is -0.390 e. The predicted molar refractivity (Wildman–Crippen MR) is 83.4 cm³/mol. The van der Waals surface area contributed by atoms with E-state index in [9.17, 15) is 14.9 Å². The predicted octanol–water partition coefficient (Wildman–Crippen LogP) is -0.139. The first-order valence-electron chi connectivity index (χ1n) is 7.27. The Kier molecular flexibility index (Phi) is 4.24. The molecule has 3 heterocycles. The van der Waals surface area contributed by atoms with Gasteiger partial charge in [-0.05, 0) is 17.9 Å². The number of nitrogens with one attached hydrogen (secondary N) is 1. The van der Waals surface area contributed by atoms with Crippen LogP contribution in [0.1, 0.15) is 21.7 Å². The summed E-state index contributed by atoms with van der Waals surface area (Å²) in [5.74, 6) is -0.816. The fraction of sp³-hybridized carbons (Fsp3) is 0.308. The average molecular weight is 345 g/mol. The molecule has 3 rings (SSSR count). The fourth-order valence-corrected chi connectivity index (χ4v) is 2.23. The van der Waals surface area contributed by atoms with Gasteiger partial charge in [0.25, 0.3) is 5.91 Å². The van der Waals surface area contributed by atoms with E-state index >= 15 is 0 Å². The molecule has 0 unspecified atom stereocenters. The molecule has 0 aliphatic heterocycles. The minimum absolute atomic E-state index is 0.107. The molecule has 25 heavy (non-hydrogen) atoms. The normalized spacial score (nSPS) is 10.8. The monoisotopic (exact) mass is 345 g/mol. The topological polar surface area (TPSA) is 139 Å². The number of rotatable bonds is 6. The number of carbonyl (C=O) groups is 1. The third-order valence-corrected chi connectivity index (χ3v) is 3.41.